The summed E-state index contributed by atoms with van der Waals surface area (Å²) in [6.45, 7) is 1.05. The molecule has 1 amide bonds. The number of carbonyl (C=O) groups is 1. The highest BCUT2D eigenvalue weighted by atomic mass is 19.1. The van der Waals surface area contributed by atoms with Gasteiger partial charge in [0.2, 0.25) is 5.91 Å². The van der Waals surface area contributed by atoms with Crippen molar-refractivity contribution < 1.29 is 9.18 Å². The van der Waals surface area contributed by atoms with Crippen molar-refractivity contribution in [3.05, 3.63) is 72.3 Å². The Morgan fingerprint density at radius 2 is 1.92 bits per heavy atom. The van der Waals surface area contributed by atoms with Gasteiger partial charge in [-0.25, -0.2) is 4.39 Å². The number of nitrogens with zero attached hydrogens (tertiary/aromatic N) is 3. The Bertz CT molecular complexity index is 799. The van der Waals surface area contributed by atoms with E-state index >= 15 is 0 Å². The maximum Gasteiger partial charge on any atom is 0.224 e. The van der Waals surface area contributed by atoms with Crippen molar-refractivity contribution in [2.45, 2.75) is 13.0 Å². The van der Waals surface area contributed by atoms with Crippen molar-refractivity contribution in [3.63, 3.8) is 0 Å². The second-order valence-electron chi connectivity index (χ2n) is 5.33. The number of carbonyl (C=O) groups excluding carboxylic acids is 1. The number of hydrogen-bond donors (Lipinski definition) is 1. The van der Waals surface area contributed by atoms with Crippen LogP contribution in [-0.4, -0.2) is 27.2 Å². The maximum atomic E-state index is 12.8. The highest BCUT2D eigenvalue weighted by Crippen LogP contribution is 2.12. The van der Waals surface area contributed by atoms with Crippen molar-refractivity contribution in [3.8, 4) is 11.4 Å². The van der Waals surface area contributed by atoms with Crippen LogP contribution in [0.25, 0.3) is 11.4 Å². The Kier molecular flexibility index (Phi) is 4.96. The number of pyridine rings is 1. The summed E-state index contributed by atoms with van der Waals surface area (Å²) in [6, 6.07) is 13.5. The van der Waals surface area contributed by atoms with E-state index in [4.69, 9.17) is 0 Å². The number of aromatic nitrogens is 3. The van der Waals surface area contributed by atoms with E-state index in [1.807, 2.05) is 30.5 Å². The van der Waals surface area contributed by atoms with E-state index in [0.29, 0.717) is 13.1 Å². The van der Waals surface area contributed by atoms with E-state index in [1.54, 1.807) is 23.0 Å². The molecule has 0 atom stereocenters. The van der Waals surface area contributed by atoms with E-state index in [9.17, 15) is 9.18 Å². The molecule has 24 heavy (non-hydrogen) atoms. The van der Waals surface area contributed by atoms with Crippen LogP contribution in [0.1, 0.15) is 5.56 Å². The van der Waals surface area contributed by atoms with Crippen molar-refractivity contribution in [1.29, 1.82) is 0 Å². The highest BCUT2D eigenvalue weighted by Gasteiger charge is 2.05. The SMILES string of the molecule is O=C(Cc1ccc(F)cc1)NCCn1ccc(-c2ccccn2)n1. The molecule has 0 unspecified atom stereocenters. The van der Waals surface area contributed by atoms with Gasteiger partial charge in [-0.2, -0.15) is 5.10 Å². The van der Waals surface area contributed by atoms with Crippen LogP contribution in [0.2, 0.25) is 0 Å². The van der Waals surface area contributed by atoms with Gasteiger partial charge in [0.05, 0.1) is 18.7 Å². The summed E-state index contributed by atoms with van der Waals surface area (Å²) in [5, 5.41) is 7.27. The first kappa shape index (κ1) is 15.9. The topological polar surface area (TPSA) is 59.8 Å². The lowest BCUT2D eigenvalue weighted by molar-refractivity contribution is -0.120. The van der Waals surface area contributed by atoms with Gasteiger partial charge in [-0.3, -0.25) is 14.5 Å². The largest absolute Gasteiger partial charge is 0.354 e. The highest BCUT2D eigenvalue weighted by molar-refractivity contribution is 5.78. The van der Waals surface area contributed by atoms with Crippen LogP contribution in [-0.2, 0) is 17.8 Å². The summed E-state index contributed by atoms with van der Waals surface area (Å²) in [5.41, 5.74) is 2.40. The molecule has 0 saturated carbocycles. The molecule has 0 aliphatic rings. The standard InChI is InChI=1S/C18H17FN4O/c19-15-6-4-14(5-7-15)13-18(24)21-10-12-23-11-8-17(22-23)16-3-1-2-9-20-16/h1-9,11H,10,12-13H2,(H,21,24). The van der Waals surface area contributed by atoms with Crippen molar-refractivity contribution in [2.24, 2.45) is 0 Å². The fraction of sp³-hybridized carbons (Fsp3) is 0.167. The number of benzene rings is 1. The molecule has 0 spiro atoms. The Morgan fingerprint density at radius 3 is 2.67 bits per heavy atom. The third-order valence-corrected chi connectivity index (χ3v) is 3.51. The van der Waals surface area contributed by atoms with Gasteiger partial charge in [0.25, 0.3) is 0 Å². The van der Waals surface area contributed by atoms with E-state index in [0.717, 1.165) is 17.0 Å². The molecule has 5 nitrogen and oxygen atoms in total. The predicted molar refractivity (Wildman–Crippen MR) is 88.6 cm³/mol. The van der Waals surface area contributed by atoms with E-state index in [2.05, 4.69) is 15.4 Å². The van der Waals surface area contributed by atoms with Gasteiger partial charge in [-0.1, -0.05) is 18.2 Å². The number of halogens is 1. The summed E-state index contributed by atoms with van der Waals surface area (Å²) in [6.07, 6.45) is 3.82. The first-order valence-corrected chi connectivity index (χ1v) is 7.67. The lowest BCUT2D eigenvalue weighted by atomic mass is 10.1. The molecule has 1 aromatic carbocycles. The Morgan fingerprint density at radius 1 is 1.08 bits per heavy atom. The Balaban J connectivity index is 1.47. The number of hydrogen-bond acceptors (Lipinski definition) is 3. The fourth-order valence-corrected chi connectivity index (χ4v) is 2.30. The zero-order valence-corrected chi connectivity index (χ0v) is 13.0. The van der Waals surface area contributed by atoms with Crippen molar-refractivity contribution >= 4 is 5.91 Å². The van der Waals surface area contributed by atoms with E-state index in [-0.39, 0.29) is 18.1 Å². The van der Waals surface area contributed by atoms with Gasteiger partial charge in [0.1, 0.15) is 11.5 Å². The zero-order chi connectivity index (χ0) is 16.8. The molecule has 0 aliphatic carbocycles. The average Bonchev–Trinajstić information content (AvgIpc) is 3.07. The van der Waals surface area contributed by atoms with E-state index in [1.165, 1.54) is 12.1 Å². The number of rotatable bonds is 6. The molecule has 0 fully saturated rings. The second kappa shape index (κ2) is 7.50. The van der Waals surface area contributed by atoms with Crippen LogP contribution in [0.4, 0.5) is 4.39 Å². The third kappa shape index (κ3) is 4.25. The fourth-order valence-electron chi connectivity index (χ4n) is 2.30. The molecule has 0 radical (unpaired) electrons. The normalized spacial score (nSPS) is 10.5. The minimum Gasteiger partial charge on any atom is -0.354 e. The van der Waals surface area contributed by atoms with Gasteiger partial charge in [-0.05, 0) is 35.9 Å². The Labute approximate surface area is 139 Å². The molecule has 0 aliphatic heterocycles. The van der Waals surface area contributed by atoms with Gasteiger partial charge in [0, 0.05) is 18.9 Å². The van der Waals surface area contributed by atoms with Crippen LogP contribution in [0.5, 0.6) is 0 Å². The number of amides is 1. The van der Waals surface area contributed by atoms with Crippen molar-refractivity contribution in [1.82, 2.24) is 20.1 Å². The van der Waals surface area contributed by atoms with Crippen molar-refractivity contribution in [2.75, 3.05) is 6.54 Å². The lowest BCUT2D eigenvalue weighted by Gasteiger charge is -2.06. The molecule has 0 bridgehead atoms. The van der Waals surface area contributed by atoms with E-state index < -0.39 is 0 Å². The molecular weight excluding hydrogens is 307 g/mol. The molecule has 0 saturated heterocycles. The van der Waals surface area contributed by atoms with Crippen LogP contribution in [0, 0.1) is 5.82 Å². The van der Waals surface area contributed by atoms with Crippen LogP contribution < -0.4 is 5.32 Å². The average molecular weight is 324 g/mol. The van der Waals surface area contributed by atoms with Gasteiger partial charge in [-0.15, -0.1) is 0 Å². The molecule has 2 aromatic heterocycles. The molecule has 6 heteroatoms. The predicted octanol–water partition coefficient (Wildman–Crippen LogP) is 2.44. The molecule has 122 valence electrons. The molecule has 3 aromatic rings. The van der Waals surface area contributed by atoms with Crippen LogP contribution in [0.15, 0.2) is 60.9 Å². The van der Waals surface area contributed by atoms with Gasteiger partial charge >= 0.3 is 0 Å². The van der Waals surface area contributed by atoms with Crippen LogP contribution >= 0.6 is 0 Å². The minimum absolute atomic E-state index is 0.0984. The quantitative estimate of drug-likeness (QED) is 0.757. The Hall–Kier alpha value is -3.02. The summed E-state index contributed by atoms with van der Waals surface area (Å²) < 4.78 is 14.6. The zero-order valence-electron chi connectivity index (χ0n) is 13.0. The monoisotopic (exact) mass is 324 g/mol. The lowest BCUT2D eigenvalue weighted by Crippen LogP contribution is -2.28. The first-order chi connectivity index (χ1) is 11.7. The molecule has 2 heterocycles. The summed E-state index contributed by atoms with van der Waals surface area (Å²) in [4.78, 5) is 16.1. The molecule has 3 rings (SSSR count). The summed E-state index contributed by atoms with van der Waals surface area (Å²) >= 11 is 0. The molecular formula is C18H17FN4O. The third-order valence-electron chi connectivity index (χ3n) is 3.51. The summed E-state index contributed by atoms with van der Waals surface area (Å²) in [5.74, 6) is -0.403. The maximum absolute atomic E-state index is 12.8. The smallest absolute Gasteiger partial charge is 0.224 e. The molecule has 1 N–H and O–H groups in total. The summed E-state index contributed by atoms with van der Waals surface area (Å²) in [7, 11) is 0. The van der Waals surface area contributed by atoms with Gasteiger partial charge < -0.3 is 5.32 Å². The first-order valence-electron chi connectivity index (χ1n) is 7.67. The number of nitrogens with one attached hydrogen (secondary N) is 1. The minimum atomic E-state index is -0.304. The van der Waals surface area contributed by atoms with Crippen LogP contribution in [0.3, 0.4) is 0 Å². The second-order valence-corrected chi connectivity index (χ2v) is 5.33. The van der Waals surface area contributed by atoms with Gasteiger partial charge in [0.15, 0.2) is 0 Å².